The summed E-state index contributed by atoms with van der Waals surface area (Å²) < 4.78 is 25.8. The number of methoxy groups -OCH3 is 1. The normalized spacial score (nSPS) is 15.2. The lowest BCUT2D eigenvalue weighted by Gasteiger charge is -2.25. The zero-order valence-corrected chi connectivity index (χ0v) is 11.6. The van der Waals surface area contributed by atoms with E-state index >= 15 is 0 Å². The summed E-state index contributed by atoms with van der Waals surface area (Å²) in [6.45, 7) is 2.81. The third-order valence-electron chi connectivity index (χ3n) is 2.79. The number of hydrogen-bond donors (Lipinski definition) is 0. The smallest absolute Gasteiger partial charge is 0.189 e. The van der Waals surface area contributed by atoms with Crippen molar-refractivity contribution in [2.24, 2.45) is 5.92 Å². The van der Waals surface area contributed by atoms with E-state index in [4.69, 9.17) is 23.7 Å². The first-order valence-electron chi connectivity index (χ1n) is 6.54. The molecule has 0 bridgehead atoms. The molecule has 110 valence electrons. The minimum absolute atomic E-state index is 0.251. The predicted octanol–water partition coefficient (Wildman–Crippen LogP) is 2.28. The largest absolute Gasteiger partial charge is 0.475 e. The molecule has 1 fully saturated rings. The van der Waals surface area contributed by atoms with Crippen molar-refractivity contribution >= 4 is 6.08 Å². The highest BCUT2D eigenvalue weighted by molar-refractivity contribution is 5.49. The van der Waals surface area contributed by atoms with Crippen molar-refractivity contribution in [3.63, 3.8) is 0 Å². The van der Waals surface area contributed by atoms with Crippen molar-refractivity contribution in [3.8, 4) is 5.75 Å². The number of benzene rings is 1. The molecule has 20 heavy (non-hydrogen) atoms. The summed E-state index contributed by atoms with van der Waals surface area (Å²) in [6.07, 6.45) is 3.46. The van der Waals surface area contributed by atoms with Gasteiger partial charge in [-0.2, -0.15) is 0 Å². The highest BCUT2D eigenvalue weighted by Crippen LogP contribution is 2.14. The Balaban J connectivity index is 1.64. The molecule has 1 aromatic carbocycles. The maximum Gasteiger partial charge on any atom is 0.189 e. The van der Waals surface area contributed by atoms with Gasteiger partial charge in [0.25, 0.3) is 0 Å². The molecule has 1 aromatic rings. The molecule has 0 amide bonds. The summed E-state index contributed by atoms with van der Waals surface area (Å²) in [5, 5.41) is 0. The summed E-state index contributed by atoms with van der Waals surface area (Å²) in [7, 11) is 1.58. The van der Waals surface area contributed by atoms with Crippen LogP contribution >= 0.6 is 0 Å². The Morgan fingerprint density at radius 3 is 2.65 bits per heavy atom. The van der Waals surface area contributed by atoms with Crippen LogP contribution in [-0.2, 0) is 18.9 Å². The van der Waals surface area contributed by atoms with E-state index in [9.17, 15) is 0 Å². The standard InChI is InChI=1S/C15H20O5/c1-16-11-17-7-6-13-2-4-15(5-3-13)20-12-19-10-14-8-18-9-14/h2-7,14H,8-12H2,1H3. The van der Waals surface area contributed by atoms with Gasteiger partial charge in [-0.3, -0.25) is 0 Å². The molecule has 0 radical (unpaired) electrons. The molecule has 5 heteroatoms. The second-order valence-corrected chi connectivity index (χ2v) is 4.48. The van der Waals surface area contributed by atoms with Crippen LogP contribution in [0.15, 0.2) is 30.5 Å². The number of rotatable bonds is 9. The van der Waals surface area contributed by atoms with Gasteiger partial charge in [0.2, 0.25) is 0 Å². The third-order valence-corrected chi connectivity index (χ3v) is 2.79. The van der Waals surface area contributed by atoms with Crippen LogP contribution in [0.4, 0.5) is 0 Å². The van der Waals surface area contributed by atoms with Crippen molar-refractivity contribution < 1.29 is 23.7 Å². The van der Waals surface area contributed by atoms with E-state index in [1.165, 1.54) is 0 Å². The topological polar surface area (TPSA) is 46.2 Å². The molecule has 0 saturated carbocycles. The van der Waals surface area contributed by atoms with Crippen LogP contribution < -0.4 is 4.74 Å². The van der Waals surface area contributed by atoms with Crippen molar-refractivity contribution in [2.45, 2.75) is 0 Å². The molecule has 0 unspecified atom stereocenters. The molecular formula is C15H20O5. The summed E-state index contributed by atoms with van der Waals surface area (Å²) in [5.41, 5.74) is 1.03. The van der Waals surface area contributed by atoms with Gasteiger partial charge in [-0.15, -0.1) is 0 Å². The lowest BCUT2D eigenvalue weighted by molar-refractivity contribution is -0.0925. The maximum absolute atomic E-state index is 5.48. The van der Waals surface area contributed by atoms with E-state index in [1.807, 2.05) is 30.3 Å². The Morgan fingerprint density at radius 2 is 2.00 bits per heavy atom. The van der Waals surface area contributed by atoms with Crippen LogP contribution in [0.3, 0.4) is 0 Å². The molecule has 1 aliphatic heterocycles. The lowest BCUT2D eigenvalue weighted by atomic mass is 10.1. The molecule has 0 atom stereocenters. The average molecular weight is 280 g/mol. The van der Waals surface area contributed by atoms with Gasteiger partial charge in [-0.05, 0) is 23.8 Å². The quantitative estimate of drug-likeness (QED) is 0.394. The Morgan fingerprint density at radius 1 is 1.20 bits per heavy atom. The van der Waals surface area contributed by atoms with Crippen LogP contribution in [0.2, 0.25) is 0 Å². The monoisotopic (exact) mass is 280 g/mol. The first-order chi connectivity index (χ1) is 9.88. The van der Waals surface area contributed by atoms with Crippen molar-refractivity contribution in [1.29, 1.82) is 0 Å². The highest BCUT2D eigenvalue weighted by Gasteiger charge is 2.17. The Labute approximate surface area is 119 Å². The Bertz CT molecular complexity index is 397. The van der Waals surface area contributed by atoms with Crippen LogP contribution in [-0.4, -0.2) is 40.5 Å². The molecule has 0 aromatic heterocycles. The van der Waals surface area contributed by atoms with Crippen molar-refractivity contribution in [3.05, 3.63) is 36.1 Å². The van der Waals surface area contributed by atoms with Crippen LogP contribution in [0.5, 0.6) is 5.75 Å². The maximum atomic E-state index is 5.48. The van der Waals surface area contributed by atoms with E-state index in [0.29, 0.717) is 12.5 Å². The molecule has 5 nitrogen and oxygen atoms in total. The first-order valence-corrected chi connectivity index (χ1v) is 6.54. The van der Waals surface area contributed by atoms with Gasteiger partial charge >= 0.3 is 0 Å². The van der Waals surface area contributed by atoms with Gasteiger partial charge in [-0.1, -0.05) is 12.1 Å². The minimum Gasteiger partial charge on any atom is -0.475 e. The summed E-state index contributed by atoms with van der Waals surface area (Å²) in [4.78, 5) is 0. The highest BCUT2D eigenvalue weighted by atomic mass is 16.7. The van der Waals surface area contributed by atoms with Crippen molar-refractivity contribution in [1.82, 2.24) is 0 Å². The SMILES string of the molecule is COCOC=Cc1ccc(OCOCC2COC2)cc1. The van der Waals surface area contributed by atoms with E-state index in [-0.39, 0.29) is 13.6 Å². The first kappa shape index (κ1) is 14.8. The van der Waals surface area contributed by atoms with Gasteiger partial charge < -0.3 is 23.7 Å². The molecule has 0 N–H and O–H groups in total. The predicted molar refractivity (Wildman–Crippen MR) is 74.2 cm³/mol. The molecule has 1 saturated heterocycles. The molecule has 2 rings (SSSR count). The fourth-order valence-electron chi connectivity index (χ4n) is 1.61. The minimum atomic E-state index is 0.251. The van der Waals surface area contributed by atoms with E-state index < -0.39 is 0 Å². The fourth-order valence-corrected chi connectivity index (χ4v) is 1.61. The third kappa shape index (κ3) is 5.21. The van der Waals surface area contributed by atoms with Crippen molar-refractivity contribution in [2.75, 3.05) is 40.5 Å². The van der Waals surface area contributed by atoms with Gasteiger partial charge in [0.15, 0.2) is 13.6 Å². The Kier molecular flexibility index (Phi) is 6.37. The molecule has 0 spiro atoms. The van der Waals surface area contributed by atoms with Gasteiger partial charge in [0.1, 0.15) is 5.75 Å². The van der Waals surface area contributed by atoms with Crippen LogP contribution in [0.25, 0.3) is 6.08 Å². The second kappa shape index (κ2) is 8.58. The van der Waals surface area contributed by atoms with E-state index in [2.05, 4.69) is 0 Å². The van der Waals surface area contributed by atoms with Gasteiger partial charge in [-0.25, -0.2) is 0 Å². The number of hydrogen-bond acceptors (Lipinski definition) is 5. The molecular weight excluding hydrogens is 260 g/mol. The zero-order valence-electron chi connectivity index (χ0n) is 11.6. The summed E-state index contributed by atoms with van der Waals surface area (Å²) >= 11 is 0. The average Bonchev–Trinajstić information content (AvgIpc) is 2.43. The number of ether oxygens (including phenoxy) is 5. The lowest BCUT2D eigenvalue weighted by Crippen LogP contribution is -2.32. The van der Waals surface area contributed by atoms with Crippen LogP contribution in [0.1, 0.15) is 5.56 Å². The van der Waals surface area contributed by atoms with E-state index in [0.717, 1.165) is 24.5 Å². The molecule has 0 aliphatic carbocycles. The Hall–Kier alpha value is -1.56. The summed E-state index contributed by atoms with van der Waals surface area (Å²) in [5.74, 6) is 1.31. The fraction of sp³-hybridized carbons (Fsp3) is 0.467. The van der Waals surface area contributed by atoms with E-state index in [1.54, 1.807) is 13.4 Å². The van der Waals surface area contributed by atoms with Crippen LogP contribution in [0, 0.1) is 5.92 Å². The molecule has 1 aliphatic rings. The van der Waals surface area contributed by atoms with Gasteiger partial charge in [0.05, 0.1) is 26.1 Å². The second-order valence-electron chi connectivity index (χ2n) is 4.48. The zero-order chi connectivity index (χ0) is 14.0. The van der Waals surface area contributed by atoms with Gasteiger partial charge in [0, 0.05) is 13.0 Å². The molecule has 1 heterocycles. The summed E-state index contributed by atoms with van der Waals surface area (Å²) in [6, 6.07) is 7.68.